The molecule has 1 saturated heterocycles. The van der Waals surface area contributed by atoms with Gasteiger partial charge in [-0.2, -0.15) is 0 Å². The van der Waals surface area contributed by atoms with Crippen molar-refractivity contribution in [2.45, 2.75) is 65.3 Å². The van der Waals surface area contributed by atoms with Gasteiger partial charge < -0.3 is 14.0 Å². The van der Waals surface area contributed by atoms with Crippen molar-refractivity contribution in [3.8, 4) is 0 Å². The van der Waals surface area contributed by atoms with Gasteiger partial charge >= 0.3 is 13.2 Å². The van der Waals surface area contributed by atoms with E-state index in [9.17, 15) is 4.79 Å². The maximum Gasteiger partial charge on any atom is 0.497 e. The van der Waals surface area contributed by atoms with Crippen molar-refractivity contribution < 1.29 is 18.8 Å². The van der Waals surface area contributed by atoms with E-state index in [-0.39, 0.29) is 0 Å². The average Bonchev–Trinajstić information content (AvgIpc) is 2.91. The third-order valence-electron chi connectivity index (χ3n) is 4.79. The molecule has 3 heterocycles. The molecule has 6 nitrogen and oxygen atoms in total. The van der Waals surface area contributed by atoms with Gasteiger partial charge in [-0.05, 0) is 70.5 Å². The zero-order chi connectivity index (χ0) is 19.5. The second-order valence-electron chi connectivity index (χ2n) is 8.55. The summed E-state index contributed by atoms with van der Waals surface area (Å²) in [5.41, 5.74) is -0.120. The van der Waals surface area contributed by atoms with Crippen molar-refractivity contribution >= 4 is 45.5 Å². The van der Waals surface area contributed by atoms with Crippen LogP contribution < -0.4 is 5.46 Å². The number of aromatic nitrogens is 2. The molecule has 1 fully saturated rings. The van der Waals surface area contributed by atoms with Gasteiger partial charge in [-0.1, -0.05) is 0 Å². The largest absolute Gasteiger partial charge is 0.497 e. The van der Waals surface area contributed by atoms with E-state index in [4.69, 9.17) is 14.0 Å². The molecule has 0 bridgehead atoms. The summed E-state index contributed by atoms with van der Waals surface area (Å²) in [4.78, 5) is 16.9. The highest BCUT2D eigenvalue weighted by atomic mass is 79.9. The predicted molar refractivity (Wildman–Crippen MR) is 105 cm³/mol. The molecule has 1 aliphatic heterocycles. The number of nitrogens with zero attached hydrogens (tertiary/aromatic N) is 2. The van der Waals surface area contributed by atoms with Gasteiger partial charge in [-0.25, -0.2) is 9.78 Å². The van der Waals surface area contributed by atoms with Gasteiger partial charge in [0.1, 0.15) is 10.2 Å². The third kappa shape index (κ3) is 3.42. The molecule has 0 N–H and O–H groups in total. The maximum absolute atomic E-state index is 12.7. The van der Waals surface area contributed by atoms with Crippen LogP contribution in [-0.4, -0.2) is 39.6 Å². The Hall–Kier alpha value is -1.38. The number of carbonyl (C=O) groups excluding carboxylic acids is 1. The lowest BCUT2D eigenvalue weighted by molar-refractivity contribution is 0.00578. The molecule has 0 radical (unpaired) electrons. The van der Waals surface area contributed by atoms with Crippen molar-refractivity contribution in [1.82, 2.24) is 9.55 Å². The van der Waals surface area contributed by atoms with Crippen molar-refractivity contribution in [3.63, 3.8) is 0 Å². The van der Waals surface area contributed by atoms with Gasteiger partial charge in [0.05, 0.1) is 22.9 Å². The molecule has 1 aliphatic rings. The maximum atomic E-state index is 12.7. The fourth-order valence-corrected chi connectivity index (χ4v) is 3.08. The van der Waals surface area contributed by atoms with E-state index in [1.165, 1.54) is 4.57 Å². The van der Waals surface area contributed by atoms with Crippen molar-refractivity contribution in [1.29, 1.82) is 0 Å². The number of hydrogen-bond acceptors (Lipinski definition) is 5. The van der Waals surface area contributed by atoms with Crippen LogP contribution in [0.4, 0.5) is 4.79 Å². The van der Waals surface area contributed by atoms with Crippen LogP contribution in [0.5, 0.6) is 0 Å². The van der Waals surface area contributed by atoms with Gasteiger partial charge in [0.15, 0.2) is 0 Å². The van der Waals surface area contributed by atoms with E-state index >= 15 is 0 Å². The standard InChI is InChI=1S/C18H24BBrN2O4/c1-16(2,3)24-15(23)22-10-12(11-8-14(20)21-9-13(11)22)19-25-17(4,5)18(6,7)26-19/h8-10H,1-7H3. The first-order chi connectivity index (χ1) is 11.8. The second-order valence-corrected chi connectivity index (χ2v) is 9.36. The summed E-state index contributed by atoms with van der Waals surface area (Å²) in [6.07, 6.45) is 2.89. The van der Waals surface area contributed by atoms with Crippen LogP contribution in [0.3, 0.4) is 0 Å². The summed E-state index contributed by atoms with van der Waals surface area (Å²) < 4.78 is 20.0. The Kier molecular flexibility index (Phi) is 4.53. The zero-order valence-corrected chi connectivity index (χ0v) is 17.8. The fourth-order valence-electron chi connectivity index (χ4n) is 2.74. The monoisotopic (exact) mass is 422 g/mol. The minimum absolute atomic E-state index is 0.464. The Balaban J connectivity index is 2.10. The van der Waals surface area contributed by atoms with E-state index in [2.05, 4.69) is 20.9 Å². The number of hydrogen-bond donors (Lipinski definition) is 0. The summed E-state index contributed by atoms with van der Waals surface area (Å²) >= 11 is 3.40. The van der Waals surface area contributed by atoms with E-state index in [1.54, 1.807) is 12.4 Å². The molecule has 2 aromatic heterocycles. The molecule has 0 amide bonds. The number of rotatable bonds is 1. The van der Waals surface area contributed by atoms with Crippen LogP contribution in [0.2, 0.25) is 0 Å². The van der Waals surface area contributed by atoms with Crippen LogP contribution in [0.15, 0.2) is 23.1 Å². The van der Waals surface area contributed by atoms with Crippen LogP contribution in [0.25, 0.3) is 10.9 Å². The van der Waals surface area contributed by atoms with Gasteiger partial charge in [-0.3, -0.25) is 4.57 Å². The first kappa shape index (κ1) is 19.4. The number of fused-ring (bicyclic) bond motifs is 1. The molecular formula is C18H24BBrN2O4. The Morgan fingerprint density at radius 1 is 1.23 bits per heavy atom. The molecule has 0 atom stereocenters. The molecule has 0 aromatic carbocycles. The molecule has 3 rings (SSSR count). The smallest absolute Gasteiger partial charge is 0.443 e. The van der Waals surface area contributed by atoms with Crippen LogP contribution in [-0.2, 0) is 14.0 Å². The number of pyridine rings is 1. The van der Waals surface area contributed by atoms with E-state index in [0.29, 0.717) is 10.1 Å². The first-order valence-electron chi connectivity index (χ1n) is 8.56. The lowest BCUT2D eigenvalue weighted by Gasteiger charge is -2.32. The fraction of sp³-hybridized carbons (Fsp3) is 0.556. The highest BCUT2D eigenvalue weighted by molar-refractivity contribution is 9.10. The Bertz CT molecular complexity index is 854. The number of ether oxygens (including phenoxy) is 1. The molecule has 8 heteroatoms. The molecule has 26 heavy (non-hydrogen) atoms. The predicted octanol–water partition coefficient (Wildman–Crippen LogP) is 3.88. The van der Waals surface area contributed by atoms with E-state index < -0.39 is 30.0 Å². The summed E-state index contributed by atoms with van der Waals surface area (Å²) in [5.74, 6) is 0. The topological polar surface area (TPSA) is 62.6 Å². The van der Waals surface area contributed by atoms with Crippen molar-refractivity contribution in [2.75, 3.05) is 0 Å². The molecule has 0 aliphatic carbocycles. The Morgan fingerprint density at radius 2 is 1.81 bits per heavy atom. The molecule has 0 saturated carbocycles. The quantitative estimate of drug-likeness (QED) is 0.515. The SMILES string of the molecule is CC(C)(C)OC(=O)n1cc(B2OC(C)(C)C(C)(C)O2)c2cc(Br)ncc21. The summed E-state index contributed by atoms with van der Waals surface area (Å²) in [6, 6.07) is 1.86. The summed E-state index contributed by atoms with van der Waals surface area (Å²) in [5, 5.41) is 0.830. The minimum Gasteiger partial charge on any atom is -0.443 e. The summed E-state index contributed by atoms with van der Waals surface area (Å²) in [6.45, 7) is 13.5. The van der Waals surface area contributed by atoms with E-state index in [1.807, 2.05) is 54.5 Å². The van der Waals surface area contributed by atoms with Gasteiger partial charge in [0, 0.05) is 17.0 Å². The van der Waals surface area contributed by atoms with Crippen LogP contribution in [0.1, 0.15) is 48.5 Å². The van der Waals surface area contributed by atoms with Crippen LogP contribution >= 0.6 is 15.9 Å². The van der Waals surface area contributed by atoms with Gasteiger partial charge in [0.25, 0.3) is 0 Å². The molecule has 0 spiro atoms. The molecule has 140 valence electrons. The van der Waals surface area contributed by atoms with Gasteiger partial charge in [0.2, 0.25) is 0 Å². The Morgan fingerprint density at radius 3 is 2.35 bits per heavy atom. The number of halogens is 1. The third-order valence-corrected chi connectivity index (χ3v) is 5.22. The lowest BCUT2D eigenvalue weighted by Crippen LogP contribution is -2.41. The second kappa shape index (κ2) is 6.07. The molecule has 0 unspecified atom stereocenters. The zero-order valence-electron chi connectivity index (χ0n) is 16.2. The van der Waals surface area contributed by atoms with Gasteiger partial charge in [-0.15, -0.1) is 0 Å². The van der Waals surface area contributed by atoms with E-state index in [0.717, 1.165) is 10.8 Å². The minimum atomic E-state index is -0.596. The number of carbonyl (C=O) groups is 1. The van der Waals surface area contributed by atoms with Crippen LogP contribution in [0, 0.1) is 0 Å². The first-order valence-corrected chi connectivity index (χ1v) is 9.35. The summed E-state index contributed by atoms with van der Waals surface area (Å²) in [7, 11) is -0.583. The highest BCUT2D eigenvalue weighted by Crippen LogP contribution is 2.37. The van der Waals surface area contributed by atoms with Crippen molar-refractivity contribution in [2.24, 2.45) is 0 Å². The Labute approximate surface area is 162 Å². The highest BCUT2D eigenvalue weighted by Gasteiger charge is 2.52. The molecular weight excluding hydrogens is 399 g/mol. The van der Waals surface area contributed by atoms with Crippen molar-refractivity contribution in [3.05, 3.63) is 23.1 Å². The average molecular weight is 423 g/mol. The lowest BCUT2D eigenvalue weighted by atomic mass is 9.79. The molecule has 2 aromatic rings. The normalized spacial score (nSPS) is 19.2.